The fourth-order valence-electron chi connectivity index (χ4n) is 2.96. The van der Waals surface area contributed by atoms with Crippen molar-refractivity contribution in [2.45, 2.75) is 39.5 Å². The molecule has 4 nitrogen and oxygen atoms in total. The van der Waals surface area contributed by atoms with Gasteiger partial charge in [-0.2, -0.15) is 0 Å². The number of ether oxygens (including phenoxy) is 1. The Balaban J connectivity index is 1.79. The minimum absolute atomic E-state index is 0.110. The fraction of sp³-hybridized carbons (Fsp3) is 0.474. The van der Waals surface area contributed by atoms with Crippen LogP contribution in [0.4, 0.5) is 0 Å². The zero-order valence-corrected chi connectivity index (χ0v) is 14.1. The summed E-state index contributed by atoms with van der Waals surface area (Å²) in [6, 6.07) is 10.5. The van der Waals surface area contributed by atoms with E-state index >= 15 is 0 Å². The summed E-state index contributed by atoms with van der Waals surface area (Å²) < 4.78 is 6.43. The highest BCUT2D eigenvalue weighted by molar-refractivity contribution is 5.19. The van der Waals surface area contributed by atoms with Crippen LogP contribution >= 0.6 is 0 Å². The van der Waals surface area contributed by atoms with Crippen molar-refractivity contribution < 1.29 is 4.74 Å². The van der Waals surface area contributed by atoms with Crippen LogP contribution in [0.15, 0.2) is 49.1 Å². The summed E-state index contributed by atoms with van der Waals surface area (Å²) in [5, 5.41) is 0. The number of benzene rings is 1. The van der Waals surface area contributed by atoms with Gasteiger partial charge in [0.1, 0.15) is 6.33 Å². The van der Waals surface area contributed by atoms with Gasteiger partial charge in [0.2, 0.25) is 0 Å². The van der Waals surface area contributed by atoms with Crippen molar-refractivity contribution in [2.24, 2.45) is 5.41 Å². The van der Waals surface area contributed by atoms with Crippen LogP contribution in [0.3, 0.4) is 0 Å². The first-order valence-corrected chi connectivity index (χ1v) is 8.19. The average Bonchev–Trinajstić information content (AvgIpc) is 2.55. The molecule has 1 saturated heterocycles. The maximum absolute atomic E-state index is 6.43. The SMILES string of the molecule is CC(C)(C)[C@H]1CN(Cc2cncnc2)C[C@@H](c2ccccc2)O1. The molecule has 0 amide bonds. The van der Waals surface area contributed by atoms with Gasteiger partial charge in [-0.15, -0.1) is 0 Å². The van der Waals surface area contributed by atoms with Crippen molar-refractivity contribution in [2.75, 3.05) is 13.1 Å². The van der Waals surface area contributed by atoms with Crippen LogP contribution in [-0.4, -0.2) is 34.1 Å². The quantitative estimate of drug-likeness (QED) is 0.870. The van der Waals surface area contributed by atoms with Crippen molar-refractivity contribution in [3.63, 3.8) is 0 Å². The largest absolute Gasteiger partial charge is 0.367 e. The molecule has 2 heterocycles. The lowest BCUT2D eigenvalue weighted by molar-refractivity contribution is -0.131. The Kier molecular flexibility index (Phi) is 4.74. The number of nitrogens with zero attached hydrogens (tertiary/aromatic N) is 3. The molecule has 2 atom stereocenters. The van der Waals surface area contributed by atoms with E-state index in [0.717, 1.165) is 25.2 Å². The zero-order chi connectivity index (χ0) is 16.3. The minimum atomic E-state index is 0.110. The predicted octanol–water partition coefficient (Wildman–Crippen LogP) is 3.46. The van der Waals surface area contributed by atoms with E-state index in [0.29, 0.717) is 0 Å². The van der Waals surface area contributed by atoms with Gasteiger partial charge in [0.25, 0.3) is 0 Å². The maximum atomic E-state index is 6.43. The highest BCUT2D eigenvalue weighted by atomic mass is 16.5. The summed E-state index contributed by atoms with van der Waals surface area (Å²) >= 11 is 0. The van der Waals surface area contributed by atoms with Gasteiger partial charge in [0.15, 0.2) is 0 Å². The zero-order valence-electron chi connectivity index (χ0n) is 14.1. The number of hydrogen-bond donors (Lipinski definition) is 0. The third-order valence-corrected chi connectivity index (χ3v) is 4.33. The molecule has 1 aromatic carbocycles. The molecule has 2 aromatic rings. The number of aromatic nitrogens is 2. The number of rotatable bonds is 3. The van der Waals surface area contributed by atoms with Crippen molar-refractivity contribution in [1.82, 2.24) is 14.9 Å². The molecule has 0 unspecified atom stereocenters. The van der Waals surface area contributed by atoms with Gasteiger partial charge in [-0.3, -0.25) is 4.90 Å². The molecule has 23 heavy (non-hydrogen) atoms. The normalized spacial score (nSPS) is 22.9. The molecule has 0 radical (unpaired) electrons. The van der Waals surface area contributed by atoms with Crippen LogP contribution < -0.4 is 0 Å². The van der Waals surface area contributed by atoms with E-state index in [1.807, 2.05) is 18.5 Å². The van der Waals surface area contributed by atoms with E-state index < -0.39 is 0 Å². The van der Waals surface area contributed by atoms with Crippen LogP contribution in [0, 0.1) is 5.41 Å². The Hall–Kier alpha value is -1.78. The first-order valence-electron chi connectivity index (χ1n) is 8.19. The lowest BCUT2D eigenvalue weighted by Crippen LogP contribution is -2.48. The van der Waals surface area contributed by atoms with E-state index in [1.54, 1.807) is 6.33 Å². The van der Waals surface area contributed by atoms with Crippen molar-refractivity contribution in [3.8, 4) is 0 Å². The molecule has 1 aromatic heterocycles. The van der Waals surface area contributed by atoms with Crippen molar-refractivity contribution in [1.29, 1.82) is 0 Å². The lowest BCUT2D eigenvalue weighted by atomic mass is 9.87. The average molecular weight is 311 g/mol. The molecular formula is C19H25N3O. The summed E-state index contributed by atoms with van der Waals surface area (Å²) in [5.41, 5.74) is 2.50. The van der Waals surface area contributed by atoms with Crippen LogP contribution in [0.1, 0.15) is 38.0 Å². The van der Waals surface area contributed by atoms with Crippen LogP contribution in [0.5, 0.6) is 0 Å². The Morgan fingerprint density at radius 3 is 2.43 bits per heavy atom. The predicted molar refractivity (Wildman–Crippen MR) is 90.8 cm³/mol. The molecular weight excluding hydrogens is 286 g/mol. The second-order valence-electron chi connectivity index (χ2n) is 7.33. The molecule has 3 rings (SSSR count). The van der Waals surface area contributed by atoms with Crippen molar-refractivity contribution >= 4 is 0 Å². The van der Waals surface area contributed by atoms with Crippen LogP contribution in [0.25, 0.3) is 0 Å². The van der Waals surface area contributed by atoms with E-state index in [2.05, 4.69) is 59.9 Å². The van der Waals surface area contributed by atoms with Crippen molar-refractivity contribution in [3.05, 3.63) is 60.2 Å². The fourth-order valence-corrected chi connectivity index (χ4v) is 2.96. The topological polar surface area (TPSA) is 38.2 Å². The van der Waals surface area contributed by atoms with E-state index in [-0.39, 0.29) is 17.6 Å². The molecule has 122 valence electrons. The molecule has 0 bridgehead atoms. The Morgan fingerprint density at radius 2 is 1.78 bits per heavy atom. The second-order valence-corrected chi connectivity index (χ2v) is 7.33. The van der Waals surface area contributed by atoms with E-state index in [9.17, 15) is 0 Å². The monoisotopic (exact) mass is 311 g/mol. The maximum Gasteiger partial charge on any atom is 0.115 e. The third-order valence-electron chi connectivity index (χ3n) is 4.33. The molecule has 4 heteroatoms. The van der Waals surface area contributed by atoms with E-state index in [4.69, 9.17) is 4.74 Å². The highest BCUT2D eigenvalue weighted by Gasteiger charge is 2.35. The molecule has 0 spiro atoms. The smallest absolute Gasteiger partial charge is 0.115 e. The first kappa shape index (κ1) is 16.1. The number of morpholine rings is 1. The molecule has 1 aliphatic heterocycles. The molecule has 0 N–H and O–H groups in total. The van der Waals surface area contributed by atoms with Gasteiger partial charge in [0, 0.05) is 37.6 Å². The molecule has 0 saturated carbocycles. The Morgan fingerprint density at radius 1 is 1.09 bits per heavy atom. The van der Waals surface area contributed by atoms with Gasteiger partial charge < -0.3 is 4.74 Å². The summed E-state index contributed by atoms with van der Waals surface area (Å²) in [7, 11) is 0. The Bertz CT molecular complexity index is 610. The highest BCUT2D eigenvalue weighted by Crippen LogP contribution is 2.33. The van der Waals surface area contributed by atoms with E-state index in [1.165, 1.54) is 5.56 Å². The molecule has 1 fully saturated rings. The van der Waals surface area contributed by atoms with Gasteiger partial charge in [-0.1, -0.05) is 51.1 Å². The lowest BCUT2D eigenvalue weighted by Gasteiger charge is -2.43. The third kappa shape index (κ3) is 4.15. The minimum Gasteiger partial charge on any atom is -0.367 e. The standard InChI is InChI=1S/C19H25N3O/c1-19(2,3)18-13-22(11-15-9-20-14-21-10-15)12-17(23-18)16-7-5-4-6-8-16/h4-10,14,17-18H,11-13H2,1-3H3/t17-,18+/m0/s1. The molecule has 0 aliphatic carbocycles. The summed E-state index contributed by atoms with van der Waals surface area (Å²) in [6.07, 6.45) is 5.68. The van der Waals surface area contributed by atoms with Gasteiger partial charge >= 0.3 is 0 Å². The van der Waals surface area contributed by atoms with Gasteiger partial charge in [-0.05, 0) is 11.0 Å². The van der Waals surface area contributed by atoms with Crippen LogP contribution in [0.2, 0.25) is 0 Å². The van der Waals surface area contributed by atoms with Gasteiger partial charge in [0.05, 0.1) is 12.2 Å². The van der Waals surface area contributed by atoms with Gasteiger partial charge in [-0.25, -0.2) is 9.97 Å². The van der Waals surface area contributed by atoms with Crippen LogP contribution in [-0.2, 0) is 11.3 Å². The molecule has 1 aliphatic rings. The summed E-state index contributed by atoms with van der Waals surface area (Å²) in [4.78, 5) is 10.7. The summed E-state index contributed by atoms with van der Waals surface area (Å²) in [5.74, 6) is 0. The summed E-state index contributed by atoms with van der Waals surface area (Å²) in [6.45, 7) is 9.42. The second kappa shape index (κ2) is 6.77. The first-order chi connectivity index (χ1) is 11.0. The number of hydrogen-bond acceptors (Lipinski definition) is 4. The Labute approximate surface area is 138 Å².